The van der Waals surface area contributed by atoms with Crippen LogP contribution in [0.25, 0.3) is 0 Å². The Morgan fingerprint density at radius 2 is 2.33 bits per heavy atom. The fourth-order valence-electron chi connectivity index (χ4n) is 0.849. The molecule has 1 aromatic rings. The van der Waals surface area contributed by atoms with Crippen molar-refractivity contribution >= 4 is 22.6 Å². The van der Waals surface area contributed by atoms with Crippen molar-refractivity contribution in [2.24, 2.45) is 7.05 Å². The number of nitrogens with zero attached hydrogens (tertiary/aromatic N) is 2. The number of halogens is 1. The van der Waals surface area contributed by atoms with Gasteiger partial charge in [0.25, 0.3) is 0 Å². The molecule has 0 aliphatic carbocycles. The van der Waals surface area contributed by atoms with Crippen molar-refractivity contribution in [3.8, 4) is 0 Å². The molecule has 3 nitrogen and oxygen atoms in total. The predicted molar refractivity (Wildman–Crippen MR) is 55.9 cm³/mol. The number of aryl methyl sites for hydroxylation is 1. The fourth-order valence-corrected chi connectivity index (χ4v) is 1.52. The highest BCUT2D eigenvalue weighted by Gasteiger charge is 2.05. The number of hydrogen-bond acceptors (Lipinski definition) is 2. The SMILES string of the molecule is CC(C)OCc1nn(C)cc1I. The third kappa shape index (κ3) is 2.75. The summed E-state index contributed by atoms with van der Waals surface area (Å²) < 4.78 is 8.41. The highest BCUT2D eigenvalue weighted by atomic mass is 127. The Bertz CT molecular complexity index is 258. The summed E-state index contributed by atoms with van der Waals surface area (Å²) in [6.45, 7) is 4.66. The second kappa shape index (κ2) is 4.23. The van der Waals surface area contributed by atoms with Gasteiger partial charge in [-0.1, -0.05) is 0 Å². The minimum atomic E-state index is 0.266. The topological polar surface area (TPSA) is 27.1 Å². The van der Waals surface area contributed by atoms with E-state index < -0.39 is 0 Å². The van der Waals surface area contributed by atoms with Crippen molar-refractivity contribution < 1.29 is 4.74 Å². The Balaban J connectivity index is 2.57. The van der Waals surface area contributed by atoms with Gasteiger partial charge >= 0.3 is 0 Å². The van der Waals surface area contributed by atoms with Crippen molar-refractivity contribution in [3.63, 3.8) is 0 Å². The van der Waals surface area contributed by atoms with Crippen LogP contribution in [0.3, 0.4) is 0 Å². The molecular formula is C8H13IN2O. The highest BCUT2D eigenvalue weighted by molar-refractivity contribution is 14.1. The Kier molecular flexibility index (Phi) is 3.52. The first kappa shape index (κ1) is 9.98. The van der Waals surface area contributed by atoms with Gasteiger partial charge in [0, 0.05) is 13.2 Å². The second-order valence-electron chi connectivity index (χ2n) is 2.96. The minimum Gasteiger partial charge on any atom is -0.372 e. The Labute approximate surface area is 86.2 Å². The first-order chi connectivity index (χ1) is 5.59. The zero-order valence-corrected chi connectivity index (χ0v) is 9.70. The third-order valence-corrected chi connectivity index (χ3v) is 2.31. The average molecular weight is 280 g/mol. The molecule has 0 N–H and O–H groups in total. The molecule has 0 aliphatic rings. The summed E-state index contributed by atoms with van der Waals surface area (Å²) in [7, 11) is 1.92. The first-order valence-corrected chi connectivity index (χ1v) is 4.97. The summed E-state index contributed by atoms with van der Waals surface area (Å²) in [5, 5.41) is 4.27. The minimum absolute atomic E-state index is 0.266. The van der Waals surface area contributed by atoms with E-state index in [-0.39, 0.29) is 6.10 Å². The van der Waals surface area contributed by atoms with Crippen LogP contribution in [0.15, 0.2) is 6.20 Å². The lowest BCUT2D eigenvalue weighted by molar-refractivity contribution is 0.0629. The molecule has 68 valence electrons. The molecular weight excluding hydrogens is 267 g/mol. The van der Waals surface area contributed by atoms with Gasteiger partial charge < -0.3 is 4.74 Å². The van der Waals surface area contributed by atoms with Gasteiger partial charge in [-0.15, -0.1) is 0 Å². The van der Waals surface area contributed by atoms with E-state index in [0.717, 1.165) is 9.26 Å². The van der Waals surface area contributed by atoms with E-state index in [1.54, 1.807) is 4.68 Å². The van der Waals surface area contributed by atoms with Crippen LogP contribution in [-0.4, -0.2) is 15.9 Å². The molecule has 12 heavy (non-hydrogen) atoms. The van der Waals surface area contributed by atoms with E-state index in [2.05, 4.69) is 27.7 Å². The second-order valence-corrected chi connectivity index (χ2v) is 4.12. The summed E-state index contributed by atoms with van der Waals surface area (Å²) in [4.78, 5) is 0. The average Bonchev–Trinajstić information content (AvgIpc) is 2.26. The fraction of sp³-hybridized carbons (Fsp3) is 0.625. The van der Waals surface area contributed by atoms with Crippen molar-refractivity contribution in [2.75, 3.05) is 0 Å². The van der Waals surface area contributed by atoms with Crippen LogP contribution in [0, 0.1) is 3.57 Å². The molecule has 1 rings (SSSR count). The van der Waals surface area contributed by atoms with E-state index in [1.165, 1.54) is 0 Å². The number of hydrogen-bond donors (Lipinski definition) is 0. The lowest BCUT2D eigenvalue weighted by Gasteiger charge is -2.04. The zero-order valence-electron chi connectivity index (χ0n) is 7.54. The van der Waals surface area contributed by atoms with E-state index >= 15 is 0 Å². The van der Waals surface area contributed by atoms with Crippen molar-refractivity contribution in [3.05, 3.63) is 15.5 Å². The van der Waals surface area contributed by atoms with Crippen molar-refractivity contribution in [2.45, 2.75) is 26.6 Å². The van der Waals surface area contributed by atoms with Gasteiger partial charge in [-0.05, 0) is 36.4 Å². The van der Waals surface area contributed by atoms with Gasteiger partial charge in [0.15, 0.2) is 0 Å². The molecule has 0 atom stereocenters. The molecule has 0 unspecified atom stereocenters. The molecule has 1 heterocycles. The van der Waals surface area contributed by atoms with E-state index in [1.807, 2.05) is 27.1 Å². The van der Waals surface area contributed by atoms with E-state index in [9.17, 15) is 0 Å². The van der Waals surface area contributed by atoms with Gasteiger partial charge in [-0.3, -0.25) is 4.68 Å². The monoisotopic (exact) mass is 280 g/mol. The summed E-state index contributed by atoms with van der Waals surface area (Å²) >= 11 is 2.26. The Hall–Kier alpha value is -0.100. The van der Waals surface area contributed by atoms with Crippen LogP contribution in [0.1, 0.15) is 19.5 Å². The number of rotatable bonds is 3. The highest BCUT2D eigenvalue weighted by Crippen LogP contribution is 2.10. The van der Waals surface area contributed by atoms with Crippen LogP contribution >= 0.6 is 22.6 Å². The Morgan fingerprint density at radius 3 is 2.75 bits per heavy atom. The normalized spacial score (nSPS) is 11.1. The number of ether oxygens (including phenoxy) is 1. The smallest absolute Gasteiger partial charge is 0.101 e. The van der Waals surface area contributed by atoms with E-state index in [4.69, 9.17) is 4.74 Å². The van der Waals surface area contributed by atoms with Gasteiger partial charge in [-0.2, -0.15) is 5.10 Å². The summed E-state index contributed by atoms with van der Waals surface area (Å²) in [6, 6.07) is 0. The van der Waals surface area contributed by atoms with Crippen LogP contribution in [0.5, 0.6) is 0 Å². The van der Waals surface area contributed by atoms with Gasteiger partial charge in [0.1, 0.15) is 5.69 Å². The maximum Gasteiger partial charge on any atom is 0.101 e. The van der Waals surface area contributed by atoms with Gasteiger partial charge in [-0.25, -0.2) is 0 Å². The van der Waals surface area contributed by atoms with E-state index in [0.29, 0.717) is 6.61 Å². The Morgan fingerprint density at radius 1 is 1.67 bits per heavy atom. The summed E-state index contributed by atoms with van der Waals surface area (Å²) in [5.74, 6) is 0. The molecule has 0 aromatic carbocycles. The van der Waals surface area contributed by atoms with Gasteiger partial charge in [0.2, 0.25) is 0 Å². The number of aromatic nitrogens is 2. The molecule has 0 amide bonds. The summed E-state index contributed by atoms with van der Waals surface area (Å²) in [5.41, 5.74) is 1.02. The van der Waals surface area contributed by atoms with Crippen LogP contribution < -0.4 is 0 Å². The van der Waals surface area contributed by atoms with Crippen molar-refractivity contribution in [1.82, 2.24) is 9.78 Å². The lowest BCUT2D eigenvalue weighted by atomic mass is 10.4. The molecule has 0 fully saturated rings. The molecule has 0 saturated heterocycles. The standard InChI is InChI=1S/C8H13IN2O/c1-6(2)12-5-8-7(9)4-11(3)10-8/h4,6H,5H2,1-3H3. The first-order valence-electron chi connectivity index (χ1n) is 3.89. The van der Waals surface area contributed by atoms with Gasteiger partial charge in [0.05, 0.1) is 16.3 Å². The zero-order chi connectivity index (χ0) is 9.14. The third-order valence-electron chi connectivity index (χ3n) is 1.41. The molecule has 0 saturated carbocycles. The maximum atomic E-state index is 5.44. The molecule has 1 aromatic heterocycles. The summed E-state index contributed by atoms with van der Waals surface area (Å²) in [6.07, 6.45) is 2.25. The van der Waals surface area contributed by atoms with Crippen molar-refractivity contribution in [1.29, 1.82) is 0 Å². The predicted octanol–water partition coefficient (Wildman–Crippen LogP) is 1.95. The molecule has 0 spiro atoms. The van der Waals surface area contributed by atoms with Crippen LogP contribution in [0.2, 0.25) is 0 Å². The largest absolute Gasteiger partial charge is 0.372 e. The molecule has 4 heteroatoms. The maximum absolute atomic E-state index is 5.44. The molecule has 0 radical (unpaired) electrons. The van der Waals surface area contributed by atoms with Crippen LogP contribution in [0.4, 0.5) is 0 Å². The lowest BCUT2D eigenvalue weighted by Crippen LogP contribution is -2.03. The molecule has 0 bridgehead atoms. The molecule has 0 aliphatic heterocycles. The quantitative estimate of drug-likeness (QED) is 0.791. The van der Waals surface area contributed by atoms with Crippen LogP contribution in [-0.2, 0) is 18.4 Å².